The highest BCUT2D eigenvalue weighted by molar-refractivity contribution is 9.10. The van der Waals surface area contributed by atoms with Crippen LogP contribution < -0.4 is 4.90 Å². The molecule has 1 amide bonds. The van der Waals surface area contributed by atoms with E-state index >= 15 is 0 Å². The number of amides is 1. The van der Waals surface area contributed by atoms with Crippen LogP contribution in [0.5, 0.6) is 0 Å². The summed E-state index contributed by atoms with van der Waals surface area (Å²) < 4.78 is 30.8. The average Bonchev–Trinajstić information content (AvgIpc) is 3.14. The van der Waals surface area contributed by atoms with Crippen LogP contribution in [0.25, 0.3) is 11.0 Å². The molecule has 1 N–H and O–H groups in total. The molecule has 8 heteroatoms. The molecule has 5 nitrogen and oxygen atoms in total. The number of piperidine rings is 1. The molecule has 2 aliphatic rings. The number of aliphatic hydroxyl groups is 1. The molecule has 1 aliphatic carbocycles. The fourth-order valence-electron chi connectivity index (χ4n) is 5.10. The Labute approximate surface area is 193 Å². The number of aromatic nitrogens is 2. The van der Waals surface area contributed by atoms with Crippen LogP contribution in [0.3, 0.4) is 0 Å². The van der Waals surface area contributed by atoms with E-state index in [-0.39, 0.29) is 24.1 Å². The number of rotatable bonds is 3. The predicted molar refractivity (Wildman–Crippen MR) is 121 cm³/mol. The Kier molecular flexibility index (Phi) is 5.75. The van der Waals surface area contributed by atoms with Crippen molar-refractivity contribution in [3.05, 3.63) is 58.3 Å². The SMILES string of the molecule is O=C1CCC[C@@H](c2nc3cc(Br)ccc3n2C2CCC(O)CC2)N1c1ccc(F)c(F)c1. The molecule has 0 spiro atoms. The van der Waals surface area contributed by atoms with E-state index in [9.17, 15) is 18.7 Å². The fourth-order valence-corrected chi connectivity index (χ4v) is 5.45. The first-order chi connectivity index (χ1) is 15.4. The maximum absolute atomic E-state index is 14.0. The van der Waals surface area contributed by atoms with E-state index in [4.69, 9.17) is 4.98 Å². The van der Waals surface area contributed by atoms with E-state index in [1.54, 1.807) is 4.90 Å². The van der Waals surface area contributed by atoms with Gasteiger partial charge in [0.25, 0.3) is 0 Å². The van der Waals surface area contributed by atoms with Gasteiger partial charge in [-0.3, -0.25) is 4.79 Å². The third-order valence-corrected chi connectivity index (χ3v) is 7.13. The van der Waals surface area contributed by atoms with E-state index in [1.165, 1.54) is 6.07 Å². The summed E-state index contributed by atoms with van der Waals surface area (Å²) in [7, 11) is 0. The van der Waals surface area contributed by atoms with Crippen molar-refractivity contribution in [3.63, 3.8) is 0 Å². The minimum Gasteiger partial charge on any atom is -0.393 e. The van der Waals surface area contributed by atoms with Crippen LogP contribution in [0, 0.1) is 11.6 Å². The summed E-state index contributed by atoms with van der Waals surface area (Å²) in [5, 5.41) is 10.0. The molecule has 0 bridgehead atoms. The fraction of sp³-hybridized carbons (Fsp3) is 0.417. The highest BCUT2D eigenvalue weighted by Crippen LogP contribution is 2.41. The van der Waals surface area contributed by atoms with E-state index in [1.807, 2.05) is 18.2 Å². The molecule has 1 atom stereocenters. The van der Waals surface area contributed by atoms with Gasteiger partial charge in [-0.25, -0.2) is 13.8 Å². The molecular formula is C24H24BrF2N3O2. The second-order valence-corrected chi connectivity index (χ2v) is 9.62. The lowest BCUT2D eigenvalue weighted by Gasteiger charge is -2.37. The number of carbonyl (C=O) groups excluding carboxylic acids is 1. The molecule has 1 aromatic heterocycles. The van der Waals surface area contributed by atoms with E-state index in [0.29, 0.717) is 24.9 Å². The molecule has 1 saturated carbocycles. The Morgan fingerprint density at radius 2 is 1.78 bits per heavy atom. The number of halogens is 3. The molecule has 2 aromatic carbocycles. The van der Waals surface area contributed by atoms with Gasteiger partial charge in [0.15, 0.2) is 11.6 Å². The second-order valence-electron chi connectivity index (χ2n) is 8.71. The molecule has 1 saturated heterocycles. The molecule has 2 heterocycles. The zero-order valence-electron chi connectivity index (χ0n) is 17.5. The van der Waals surface area contributed by atoms with Crippen LogP contribution in [0.2, 0.25) is 0 Å². The topological polar surface area (TPSA) is 58.4 Å². The Hall–Kier alpha value is -2.32. The number of carbonyl (C=O) groups is 1. The van der Waals surface area contributed by atoms with Crippen molar-refractivity contribution in [1.29, 1.82) is 0 Å². The van der Waals surface area contributed by atoms with Gasteiger partial charge in [-0.15, -0.1) is 0 Å². The standard InChI is InChI=1S/C24H24BrF2N3O2/c25-14-4-11-21-20(12-14)28-24(30(21)15-5-8-17(31)9-6-15)22-2-1-3-23(32)29(22)16-7-10-18(26)19(27)13-16/h4,7,10-13,15,17,22,31H,1-3,5-6,8-9H2/t15?,17?,22-/m0/s1. The van der Waals surface area contributed by atoms with Crippen molar-refractivity contribution in [2.24, 2.45) is 0 Å². The molecular weight excluding hydrogens is 480 g/mol. The van der Waals surface area contributed by atoms with Crippen molar-refractivity contribution < 1.29 is 18.7 Å². The largest absolute Gasteiger partial charge is 0.393 e. The van der Waals surface area contributed by atoms with Crippen molar-refractivity contribution in [1.82, 2.24) is 9.55 Å². The summed E-state index contributed by atoms with van der Waals surface area (Å²) in [6.45, 7) is 0. The third kappa shape index (κ3) is 3.83. The number of aliphatic hydroxyl groups excluding tert-OH is 1. The van der Waals surface area contributed by atoms with E-state index < -0.39 is 11.6 Å². The average molecular weight is 504 g/mol. The lowest BCUT2D eigenvalue weighted by Crippen LogP contribution is -2.40. The Morgan fingerprint density at radius 1 is 1.00 bits per heavy atom. The van der Waals surface area contributed by atoms with Crippen LogP contribution in [-0.4, -0.2) is 26.7 Å². The van der Waals surface area contributed by atoms with E-state index in [2.05, 4.69) is 20.5 Å². The number of hydrogen-bond donors (Lipinski definition) is 1. The summed E-state index contributed by atoms with van der Waals surface area (Å²) in [6.07, 6.45) is 4.55. The van der Waals surface area contributed by atoms with Gasteiger partial charge in [0, 0.05) is 28.7 Å². The summed E-state index contributed by atoms with van der Waals surface area (Å²) in [5.74, 6) is -1.27. The first-order valence-electron chi connectivity index (χ1n) is 11.0. The van der Waals surface area contributed by atoms with Crippen molar-refractivity contribution in [3.8, 4) is 0 Å². The number of fused-ring (bicyclic) bond motifs is 1. The number of benzene rings is 2. The number of anilines is 1. The first kappa shape index (κ1) is 21.5. The Balaban J connectivity index is 1.65. The highest BCUT2D eigenvalue weighted by atomic mass is 79.9. The molecule has 2 fully saturated rings. The van der Waals surface area contributed by atoms with Gasteiger partial charge in [-0.2, -0.15) is 0 Å². The normalized spacial score (nSPS) is 24.3. The minimum atomic E-state index is -0.974. The number of hydrogen-bond acceptors (Lipinski definition) is 3. The molecule has 1 aliphatic heterocycles. The zero-order chi connectivity index (χ0) is 22.4. The van der Waals surface area contributed by atoms with Gasteiger partial charge in [-0.1, -0.05) is 15.9 Å². The van der Waals surface area contributed by atoms with Gasteiger partial charge in [0.05, 0.1) is 23.2 Å². The molecule has 0 radical (unpaired) electrons. The zero-order valence-corrected chi connectivity index (χ0v) is 19.1. The van der Waals surface area contributed by atoms with Gasteiger partial charge in [0.2, 0.25) is 5.91 Å². The van der Waals surface area contributed by atoms with Crippen molar-refractivity contribution >= 4 is 38.6 Å². The number of nitrogens with zero attached hydrogens (tertiary/aromatic N) is 3. The van der Waals surface area contributed by atoms with Crippen molar-refractivity contribution in [2.75, 3.05) is 4.90 Å². The van der Waals surface area contributed by atoms with Gasteiger partial charge in [0.1, 0.15) is 5.82 Å². The van der Waals surface area contributed by atoms with Gasteiger partial charge < -0.3 is 14.6 Å². The summed E-state index contributed by atoms with van der Waals surface area (Å²) in [4.78, 5) is 19.5. The highest BCUT2D eigenvalue weighted by Gasteiger charge is 2.36. The smallest absolute Gasteiger partial charge is 0.227 e. The number of imidazole rings is 1. The van der Waals surface area contributed by atoms with Crippen LogP contribution in [-0.2, 0) is 4.79 Å². The lowest BCUT2D eigenvalue weighted by molar-refractivity contribution is -0.120. The summed E-state index contributed by atoms with van der Waals surface area (Å²) in [6, 6.07) is 9.34. The second kappa shape index (κ2) is 8.56. The molecule has 0 unspecified atom stereocenters. The van der Waals surface area contributed by atoms with Crippen LogP contribution in [0.15, 0.2) is 40.9 Å². The third-order valence-electron chi connectivity index (χ3n) is 6.64. The first-order valence-corrected chi connectivity index (χ1v) is 11.8. The maximum Gasteiger partial charge on any atom is 0.227 e. The Bertz CT molecular complexity index is 1170. The van der Waals surface area contributed by atoms with Crippen LogP contribution >= 0.6 is 15.9 Å². The van der Waals surface area contributed by atoms with Crippen LogP contribution in [0.1, 0.15) is 62.9 Å². The van der Waals surface area contributed by atoms with E-state index in [0.717, 1.165) is 59.1 Å². The molecule has 5 rings (SSSR count). The Morgan fingerprint density at radius 3 is 2.53 bits per heavy atom. The maximum atomic E-state index is 14.0. The molecule has 32 heavy (non-hydrogen) atoms. The predicted octanol–water partition coefficient (Wildman–Crippen LogP) is 5.81. The lowest BCUT2D eigenvalue weighted by atomic mass is 9.92. The molecule has 3 aromatic rings. The van der Waals surface area contributed by atoms with Crippen molar-refractivity contribution in [2.45, 2.75) is 63.1 Å². The summed E-state index contributed by atoms with van der Waals surface area (Å²) in [5.41, 5.74) is 2.15. The monoisotopic (exact) mass is 503 g/mol. The van der Waals surface area contributed by atoms with Gasteiger partial charge >= 0.3 is 0 Å². The van der Waals surface area contributed by atoms with Gasteiger partial charge in [-0.05, 0) is 68.9 Å². The minimum absolute atomic E-state index is 0.119. The summed E-state index contributed by atoms with van der Waals surface area (Å²) >= 11 is 3.51. The molecule has 168 valence electrons. The quantitative estimate of drug-likeness (QED) is 0.490. The van der Waals surface area contributed by atoms with Crippen LogP contribution in [0.4, 0.5) is 14.5 Å².